The first-order valence-corrected chi connectivity index (χ1v) is 6.93. The van der Waals surface area contributed by atoms with Crippen molar-refractivity contribution < 1.29 is 9.53 Å². The van der Waals surface area contributed by atoms with Crippen molar-refractivity contribution in [1.82, 2.24) is 18.7 Å². The van der Waals surface area contributed by atoms with Crippen molar-refractivity contribution >= 4 is 17.1 Å². The number of rotatable bonds is 4. The van der Waals surface area contributed by atoms with Gasteiger partial charge in [0.1, 0.15) is 11.7 Å². The van der Waals surface area contributed by atoms with Crippen molar-refractivity contribution in [3.63, 3.8) is 0 Å². The normalized spacial score (nSPS) is 17.6. The molecule has 8 nitrogen and oxygen atoms in total. The minimum absolute atomic E-state index is 0.240. The van der Waals surface area contributed by atoms with E-state index < -0.39 is 5.69 Å². The minimum Gasteiger partial charge on any atom is -0.430 e. The zero-order valence-electron chi connectivity index (χ0n) is 12.4. The zero-order chi connectivity index (χ0) is 16.0. The van der Waals surface area contributed by atoms with Crippen LogP contribution in [0.3, 0.4) is 0 Å². The summed E-state index contributed by atoms with van der Waals surface area (Å²) in [5.74, 6) is -0.167. The summed E-state index contributed by atoms with van der Waals surface area (Å²) in [4.78, 5) is 40.0. The summed E-state index contributed by atoms with van der Waals surface area (Å²) in [5, 5.41) is 0. The molecule has 2 aromatic rings. The molecule has 0 N–H and O–H groups in total. The standard InChI is InChI=1S/C14H16N4O4/c1-8-9(13(20)22-8)5-4-6-18-12(19)10-11(15-7-16(10)2)17(3)14(18)21/h7,9H,1,4-6H2,2-3H3. The number of hydrogen-bond acceptors (Lipinski definition) is 5. The molecule has 1 saturated heterocycles. The van der Waals surface area contributed by atoms with Gasteiger partial charge in [0, 0.05) is 20.6 Å². The lowest BCUT2D eigenvalue weighted by atomic mass is 9.97. The molecule has 1 atom stereocenters. The molecule has 0 bridgehead atoms. The van der Waals surface area contributed by atoms with Gasteiger partial charge in [-0.1, -0.05) is 6.58 Å². The molecule has 0 radical (unpaired) electrons. The summed E-state index contributed by atoms with van der Waals surface area (Å²) in [7, 11) is 3.29. The number of carbonyl (C=O) groups is 1. The highest BCUT2D eigenvalue weighted by atomic mass is 16.6. The molecular weight excluding hydrogens is 288 g/mol. The van der Waals surface area contributed by atoms with Gasteiger partial charge < -0.3 is 9.30 Å². The molecule has 8 heteroatoms. The van der Waals surface area contributed by atoms with Crippen LogP contribution in [0.5, 0.6) is 0 Å². The highest BCUT2D eigenvalue weighted by Crippen LogP contribution is 2.28. The minimum atomic E-state index is -0.411. The second kappa shape index (κ2) is 4.97. The maximum atomic E-state index is 12.5. The van der Waals surface area contributed by atoms with Crippen LogP contribution >= 0.6 is 0 Å². The van der Waals surface area contributed by atoms with Gasteiger partial charge in [0.15, 0.2) is 11.2 Å². The first-order chi connectivity index (χ1) is 10.4. The second-order valence-electron chi connectivity index (χ2n) is 5.41. The van der Waals surface area contributed by atoms with Gasteiger partial charge in [-0.3, -0.25) is 18.7 Å². The lowest BCUT2D eigenvalue weighted by Gasteiger charge is -2.26. The molecule has 22 heavy (non-hydrogen) atoms. The molecule has 1 unspecified atom stereocenters. The molecule has 1 aliphatic rings. The average Bonchev–Trinajstić information content (AvgIpc) is 2.86. The van der Waals surface area contributed by atoms with Gasteiger partial charge in [0.05, 0.1) is 6.33 Å². The molecule has 3 rings (SSSR count). The quantitative estimate of drug-likeness (QED) is 0.736. The van der Waals surface area contributed by atoms with E-state index >= 15 is 0 Å². The second-order valence-corrected chi connectivity index (χ2v) is 5.41. The highest BCUT2D eigenvalue weighted by molar-refractivity contribution is 5.82. The van der Waals surface area contributed by atoms with Crippen molar-refractivity contribution in [3.05, 3.63) is 39.5 Å². The Morgan fingerprint density at radius 3 is 2.68 bits per heavy atom. The van der Waals surface area contributed by atoms with Crippen LogP contribution in [0, 0.1) is 5.92 Å². The van der Waals surface area contributed by atoms with E-state index in [2.05, 4.69) is 11.6 Å². The molecule has 116 valence electrons. The van der Waals surface area contributed by atoms with Crippen LogP contribution in [0.1, 0.15) is 12.8 Å². The van der Waals surface area contributed by atoms with E-state index in [0.717, 1.165) is 0 Å². The Morgan fingerprint density at radius 1 is 1.32 bits per heavy atom. The third-order valence-electron chi connectivity index (χ3n) is 3.98. The SMILES string of the molecule is C=C1OC(=O)C1CCCn1c(=O)c2c(ncn2C)n(C)c1=O. The van der Waals surface area contributed by atoms with Crippen LogP contribution in [0.4, 0.5) is 0 Å². The van der Waals surface area contributed by atoms with E-state index in [1.54, 1.807) is 18.7 Å². The summed E-state index contributed by atoms with van der Waals surface area (Å²) in [6.07, 6.45) is 2.53. The summed E-state index contributed by atoms with van der Waals surface area (Å²) in [6.45, 7) is 3.86. The first-order valence-electron chi connectivity index (χ1n) is 6.93. The number of cyclic esters (lactones) is 1. The predicted octanol–water partition coefficient (Wildman–Crippen LogP) is -0.0994. The number of nitrogens with zero attached hydrogens (tertiary/aromatic N) is 4. The number of imidazole rings is 1. The number of aryl methyl sites for hydroxylation is 2. The van der Waals surface area contributed by atoms with Crippen molar-refractivity contribution in [2.24, 2.45) is 20.0 Å². The van der Waals surface area contributed by atoms with E-state index in [9.17, 15) is 14.4 Å². The molecule has 0 saturated carbocycles. The largest absolute Gasteiger partial charge is 0.430 e. The monoisotopic (exact) mass is 304 g/mol. The van der Waals surface area contributed by atoms with Gasteiger partial charge in [-0.05, 0) is 12.8 Å². The number of hydrogen-bond donors (Lipinski definition) is 0. The summed E-state index contributed by atoms with van der Waals surface area (Å²) in [6, 6.07) is 0. The number of carbonyl (C=O) groups excluding carboxylic acids is 1. The number of fused-ring (bicyclic) bond motifs is 1. The highest BCUT2D eigenvalue weighted by Gasteiger charge is 2.35. The van der Waals surface area contributed by atoms with Gasteiger partial charge in [-0.2, -0.15) is 0 Å². The fourth-order valence-electron chi connectivity index (χ4n) is 2.67. The van der Waals surface area contributed by atoms with Crippen LogP contribution in [-0.2, 0) is 30.2 Å². The molecule has 0 aromatic carbocycles. The molecule has 0 spiro atoms. The number of esters is 1. The topological polar surface area (TPSA) is 88.1 Å². The van der Waals surface area contributed by atoms with E-state index in [-0.39, 0.29) is 24.0 Å². The third kappa shape index (κ3) is 1.99. The molecule has 3 heterocycles. The smallest absolute Gasteiger partial charge is 0.332 e. The van der Waals surface area contributed by atoms with E-state index in [4.69, 9.17) is 4.74 Å². The van der Waals surface area contributed by atoms with Gasteiger partial charge in [-0.15, -0.1) is 0 Å². The van der Waals surface area contributed by atoms with Crippen LogP contribution in [0.2, 0.25) is 0 Å². The fourth-order valence-corrected chi connectivity index (χ4v) is 2.67. The van der Waals surface area contributed by atoms with Crippen LogP contribution in [-0.4, -0.2) is 24.7 Å². The van der Waals surface area contributed by atoms with E-state index in [0.29, 0.717) is 29.8 Å². The summed E-state index contributed by atoms with van der Waals surface area (Å²) < 4.78 is 8.83. The van der Waals surface area contributed by atoms with Crippen molar-refractivity contribution in [3.8, 4) is 0 Å². The Bertz CT molecular complexity index is 888. The Morgan fingerprint density at radius 2 is 2.05 bits per heavy atom. The maximum Gasteiger partial charge on any atom is 0.332 e. The fraction of sp³-hybridized carbons (Fsp3) is 0.429. The zero-order valence-corrected chi connectivity index (χ0v) is 12.4. The lowest BCUT2D eigenvalue weighted by Crippen LogP contribution is -2.40. The number of ether oxygens (including phenoxy) is 1. The summed E-state index contributed by atoms with van der Waals surface area (Å²) >= 11 is 0. The lowest BCUT2D eigenvalue weighted by molar-refractivity contribution is -0.157. The molecule has 0 amide bonds. The Balaban J connectivity index is 1.89. The van der Waals surface area contributed by atoms with Crippen molar-refractivity contribution in [2.75, 3.05) is 0 Å². The van der Waals surface area contributed by atoms with E-state index in [1.807, 2.05) is 0 Å². The van der Waals surface area contributed by atoms with Gasteiger partial charge in [0.2, 0.25) is 0 Å². The van der Waals surface area contributed by atoms with Crippen molar-refractivity contribution in [2.45, 2.75) is 19.4 Å². The number of aromatic nitrogens is 4. The Hall–Kier alpha value is -2.64. The predicted molar refractivity (Wildman–Crippen MR) is 78.2 cm³/mol. The average molecular weight is 304 g/mol. The molecule has 1 fully saturated rings. The van der Waals surface area contributed by atoms with Crippen LogP contribution in [0.15, 0.2) is 28.3 Å². The van der Waals surface area contributed by atoms with Gasteiger partial charge in [0.25, 0.3) is 5.56 Å². The molecule has 1 aliphatic heterocycles. The molecule has 0 aliphatic carbocycles. The van der Waals surface area contributed by atoms with Gasteiger partial charge >= 0.3 is 11.7 Å². The van der Waals surface area contributed by atoms with Crippen LogP contribution in [0.25, 0.3) is 11.2 Å². The van der Waals surface area contributed by atoms with Crippen molar-refractivity contribution in [1.29, 1.82) is 0 Å². The van der Waals surface area contributed by atoms with Crippen LogP contribution < -0.4 is 11.2 Å². The third-order valence-corrected chi connectivity index (χ3v) is 3.98. The Labute approximate surface area is 125 Å². The van der Waals surface area contributed by atoms with Gasteiger partial charge in [-0.25, -0.2) is 9.78 Å². The Kier molecular flexibility index (Phi) is 3.23. The molecule has 2 aromatic heterocycles. The molecular formula is C14H16N4O4. The first kappa shape index (κ1) is 14.3. The summed E-state index contributed by atoms with van der Waals surface area (Å²) in [5.41, 5.74) is -0.0291. The van der Waals surface area contributed by atoms with E-state index in [1.165, 1.54) is 15.5 Å². The maximum absolute atomic E-state index is 12.5.